The number of nitrogens with one attached hydrogen (secondary N) is 1. The molecule has 0 radical (unpaired) electrons. The number of aliphatic hydroxyl groups is 1. The molecule has 3 heterocycles. The number of hydrogen-bond acceptors (Lipinski definition) is 4. The normalized spacial score (nSPS) is 26.1. The average Bonchev–Trinajstić information content (AvgIpc) is 3.02. The lowest BCUT2D eigenvalue weighted by Crippen LogP contribution is -2.46. The molecule has 2 aliphatic heterocycles. The van der Waals surface area contributed by atoms with Gasteiger partial charge in [0.05, 0.1) is 18.0 Å². The fourth-order valence-electron chi connectivity index (χ4n) is 5.41. The molecule has 2 bridgehead atoms. The van der Waals surface area contributed by atoms with Crippen LogP contribution in [-0.2, 0) is 11.3 Å². The van der Waals surface area contributed by atoms with Gasteiger partial charge in [-0.05, 0) is 38.1 Å². The van der Waals surface area contributed by atoms with Gasteiger partial charge in [0.1, 0.15) is 0 Å². The fraction of sp³-hybridized carbons (Fsp3) is 0.440. The minimum Gasteiger partial charge on any atom is -0.396 e. The van der Waals surface area contributed by atoms with Crippen LogP contribution in [0.25, 0.3) is 6.08 Å². The molecule has 2 aliphatic rings. The van der Waals surface area contributed by atoms with E-state index in [-0.39, 0.29) is 42.1 Å². The van der Waals surface area contributed by atoms with Crippen molar-refractivity contribution in [2.75, 3.05) is 13.2 Å². The van der Waals surface area contributed by atoms with Crippen molar-refractivity contribution in [2.45, 2.75) is 45.4 Å². The highest BCUT2D eigenvalue weighted by atomic mass is 16.3. The van der Waals surface area contributed by atoms with Crippen LogP contribution in [0.5, 0.6) is 0 Å². The van der Waals surface area contributed by atoms with E-state index in [2.05, 4.69) is 17.1 Å². The molecule has 2 N–H and O–H groups in total. The monoisotopic (exact) mass is 421 g/mol. The van der Waals surface area contributed by atoms with Gasteiger partial charge in [0.2, 0.25) is 5.91 Å². The van der Waals surface area contributed by atoms with Crippen molar-refractivity contribution in [2.24, 2.45) is 11.8 Å². The van der Waals surface area contributed by atoms with Crippen LogP contribution in [0.4, 0.5) is 0 Å². The first-order valence-electron chi connectivity index (χ1n) is 11.1. The van der Waals surface area contributed by atoms with E-state index in [1.165, 1.54) is 0 Å². The molecule has 1 aromatic carbocycles. The number of amides is 1. The molecular weight excluding hydrogens is 390 g/mol. The standard InChI is InChI=1S/C25H31N3O3/c1-4-9-18-12-13-20-23-22(24(30)26-16(3)17-10-7-6-8-11-17)19(15-29)21(27(23)5-2)14-28(20)25(18)31/h4,6-13,16,19,21-23,29H,5,14-15H2,1-3H3,(H,26,30)/b9-4-/t16-,19+,21+,22-,23-/m0/s1. The maximum Gasteiger partial charge on any atom is 0.258 e. The first-order chi connectivity index (χ1) is 15.0. The highest BCUT2D eigenvalue weighted by molar-refractivity contribution is 5.81. The van der Waals surface area contributed by atoms with Crippen molar-refractivity contribution in [3.05, 3.63) is 75.7 Å². The molecule has 1 aromatic heterocycles. The summed E-state index contributed by atoms with van der Waals surface area (Å²) in [5, 5.41) is 13.4. The molecule has 0 spiro atoms. The van der Waals surface area contributed by atoms with Gasteiger partial charge in [0.15, 0.2) is 0 Å². The van der Waals surface area contributed by atoms with Gasteiger partial charge in [-0.25, -0.2) is 0 Å². The maximum absolute atomic E-state index is 13.5. The Bertz CT molecular complexity index is 1030. The molecule has 4 rings (SSSR count). The van der Waals surface area contributed by atoms with Crippen LogP contribution in [-0.4, -0.2) is 39.7 Å². The third-order valence-corrected chi connectivity index (χ3v) is 6.87. The van der Waals surface area contributed by atoms with Crippen LogP contribution in [0.15, 0.2) is 53.3 Å². The number of aromatic nitrogens is 1. The van der Waals surface area contributed by atoms with Crippen molar-refractivity contribution in [3.8, 4) is 0 Å². The van der Waals surface area contributed by atoms with E-state index >= 15 is 0 Å². The maximum atomic E-state index is 13.5. The van der Waals surface area contributed by atoms with Crippen LogP contribution in [0.2, 0.25) is 0 Å². The van der Waals surface area contributed by atoms with E-state index in [0.29, 0.717) is 12.1 Å². The van der Waals surface area contributed by atoms with Crippen LogP contribution in [0, 0.1) is 11.8 Å². The second-order valence-electron chi connectivity index (χ2n) is 8.49. The summed E-state index contributed by atoms with van der Waals surface area (Å²) in [6.45, 7) is 7.11. The molecule has 2 aromatic rings. The number of hydrogen-bond donors (Lipinski definition) is 2. The lowest BCUT2D eigenvalue weighted by Gasteiger charge is -2.37. The van der Waals surface area contributed by atoms with E-state index in [1.807, 2.05) is 73.0 Å². The number of pyridine rings is 1. The Morgan fingerprint density at radius 3 is 2.65 bits per heavy atom. The summed E-state index contributed by atoms with van der Waals surface area (Å²) in [7, 11) is 0. The Morgan fingerprint density at radius 2 is 2.00 bits per heavy atom. The number of likely N-dealkylation sites (N-methyl/N-ethyl adjacent to an activating group) is 1. The van der Waals surface area contributed by atoms with Crippen LogP contribution >= 0.6 is 0 Å². The van der Waals surface area contributed by atoms with Crippen molar-refractivity contribution in [3.63, 3.8) is 0 Å². The third-order valence-electron chi connectivity index (χ3n) is 6.87. The molecule has 1 amide bonds. The van der Waals surface area contributed by atoms with E-state index in [9.17, 15) is 14.7 Å². The molecule has 1 fully saturated rings. The molecule has 0 unspecified atom stereocenters. The number of allylic oxidation sites excluding steroid dienone is 1. The molecule has 164 valence electrons. The molecular formula is C25H31N3O3. The van der Waals surface area contributed by atoms with E-state index in [1.54, 1.807) is 0 Å². The van der Waals surface area contributed by atoms with Gasteiger partial charge in [-0.3, -0.25) is 14.5 Å². The number of nitrogens with zero attached hydrogens (tertiary/aromatic N) is 2. The summed E-state index contributed by atoms with van der Waals surface area (Å²) < 4.78 is 1.81. The zero-order valence-corrected chi connectivity index (χ0v) is 18.4. The predicted molar refractivity (Wildman–Crippen MR) is 121 cm³/mol. The molecule has 5 atom stereocenters. The third kappa shape index (κ3) is 3.64. The Kier molecular flexibility index (Phi) is 6.12. The summed E-state index contributed by atoms with van der Waals surface area (Å²) in [5.74, 6) is -0.709. The van der Waals surface area contributed by atoms with Gasteiger partial charge < -0.3 is 15.0 Å². The lowest BCUT2D eigenvalue weighted by atomic mass is 9.86. The SMILES string of the molecule is C/C=C\c1ccc2n(c1=O)C[C@@H]1[C@@H](CO)[C@H](C(=O)N[C@@H](C)c3ccccc3)[C@H]2N1CC. The van der Waals surface area contributed by atoms with Crippen molar-refractivity contribution in [1.29, 1.82) is 0 Å². The topological polar surface area (TPSA) is 74.6 Å². The van der Waals surface area contributed by atoms with Crippen molar-refractivity contribution in [1.82, 2.24) is 14.8 Å². The summed E-state index contributed by atoms with van der Waals surface area (Å²) in [6, 6.07) is 13.3. The first-order valence-corrected chi connectivity index (χ1v) is 11.1. The minimum atomic E-state index is -0.415. The van der Waals surface area contributed by atoms with Gasteiger partial charge in [-0.2, -0.15) is 0 Å². The minimum absolute atomic E-state index is 0.0308. The largest absolute Gasteiger partial charge is 0.396 e. The van der Waals surface area contributed by atoms with Crippen LogP contribution in [0.3, 0.4) is 0 Å². The molecule has 31 heavy (non-hydrogen) atoms. The fourth-order valence-corrected chi connectivity index (χ4v) is 5.41. The number of benzene rings is 1. The summed E-state index contributed by atoms with van der Waals surface area (Å²) in [6.07, 6.45) is 3.68. The Balaban J connectivity index is 1.72. The Morgan fingerprint density at radius 1 is 1.26 bits per heavy atom. The number of rotatable bonds is 6. The Labute approximate surface area is 183 Å². The molecule has 6 nitrogen and oxygen atoms in total. The van der Waals surface area contributed by atoms with E-state index in [0.717, 1.165) is 17.8 Å². The lowest BCUT2D eigenvalue weighted by molar-refractivity contribution is -0.128. The highest BCUT2D eigenvalue weighted by Gasteiger charge is 2.55. The number of carbonyl (C=O) groups is 1. The van der Waals surface area contributed by atoms with Gasteiger partial charge in [0, 0.05) is 36.4 Å². The first kappa shape index (κ1) is 21.5. The second-order valence-corrected chi connectivity index (χ2v) is 8.49. The summed E-state index contributed by atoms with van der Waals surface area (Å²) >= 11 is 0. The van der Waals surface area contributed by atoms with Crippen LogP contribution < -0.4 is 10.9 Å². The second kappa shape index (κ2) is 8.81. The quantitative estimate of drug-likeness (QED) is 0.752. The number of carbonyl (C=O) groups excluding carboxylic acids is 1. The van der Waals surface area contributed by atoms with Crippen molar-refractivity contribution < 1.29 is 9.90 Å². The molecule has 0 saturated carbocycles. The highest BCUT2D eigenvalue weighted by Crippen LogP contribution is 2.48. The Hall–Kier alpha value is -2.70. The van der Waals surface area contributed by atoms with Gasteiger partial charge in [-0.1, -0.05) is 49.4 Å². The zero-order chi connectivity index (χ0) is 22.1. The zero-order valence-electron chi connectivity index (χ0n) is 18.4. The van der Waals surface area contributed by atoms with Gasteiger partial charge in [0.25, 0.3) is 5.56 Å². The van der Waals surface area contributed by atoms with Gasteiger partial charge >= 0.3 is 0 Å². The van der Waals surface area contributed by atoms with Crippen LogP contribution in [0.1, 0.15) is 49.7 Å². The molecule has 6 heteroatoms. The predicted octanol–water partition coefficient (Wildman–Crippen LogP) is 2.74. The number of aliphatic hydroxyl groups excluding tert-OH is 1. The molecule has 0 aliphatic carbocycles. The van der Waals surface area contributed by atoms with Gasteiger partial charge in [-0.15, -0.1) is 0 Å². The summed E-state index contributed by atoms with van der Waals surface area (Å²) in [5.41, 5.74) is 2.52. The average molecular weight is 422 g/mol. The van der Waals surface area contributed by atoms with Crippen molar-refractivity contribution >= 4 is 12.0 Å². The summed E-state index contributed by atoms with van der Waals surface area (Å²) in [4.78, 5) is 28.9. The molecule has 1 saturated heterocycles. The number of fused-ring (bicyclic) bond motifs is 4. The van der Waals surface area contributed by atoms with E-state index < -0.39 is 5.92 Å². The smallest absolute Gasteiger partial charge is 0.258 e. The van der Waals surface area contributed by atoms with E-state index in [4.69, 9.17) is 0 Å².